The maximum absolute atomic E-state index is 12.1. The molecule has 2 N–H and O–H groups in total. The van der Waals surface area contributed by atoms with E-state index in [0.29, 0.717) is 32.2 Å². The lowest BCUT2D eigenvalue weighted by Crippen LogP contribution is -2.43. The first-order chi connectivity index (χ1) is 11.6. The molecule has 3 rings (SSSR count). The molecule has 0 bridgehead atoms. The van der Waals surface area contributed by atoms with E-state index in [9.17, 15) is 9.90 Å². The van der Waals surface area contributed by atoms with Crippen molar-refractivity contribution in [2.45, 2.75) is 31.3 Å². The molecule has 1 aliphatic rings. The Hall–Kier alpha value is -2.33. The van der Waals surface area contributed by atoms with E-state index >= 15 is 0 Å². The Bertz CT molecular complexity index is 684. The van der Waals surface area contributed by atoms with Gasteiger partial charge in [0.15, 0.2) is 0 Å². The zero-order valence-corrected chi connectivity index (χ0v) is 13.9. The Morgan fingerprint density at radius 2 is 1.75 bits per heavy atom. The van der Waals surface area contributed by atoms with Gasteiger partial charge in [-0.1, -0.05) is 36.4 Å². The fourth-order valence-electron chi connectivity index (χ4n) is 3.20. The number of ether oxygens (including phenoxy) is 1. The highest BCUT2D eigenvalue weighted by Gasteiger charge is 2.35. The number of benzene rings is 2. The molecule has 0 spiro atoms. The monoisotopic (exact) mass is 325 g/mol. The van der Waals surface area contributed by atoms with Crippen LogP contribution in [0.4, 0.5) is 0 Å². The molecular weight excluding hydrogens is 302 g/mol. The standard InChI is InChI=1S/C20H23NO3/c1-24-18-9-6-15(7-10-18)8-11-19(22)21-14-20(23)12-16-4-2-3-5-17(16)13-20/h2-7,9-10,23H,8,11-14H2,1H3,(H,21,22). The van der Waals surface area contributed by atoms with Gasteiger partial charge in [-0.15, -0.1) is 0 Å². The minimum Gasteiger partial charge on any atom is -0.497 e. The molecule has 24 heavy (non-hydrogen) atoms. The number of amides is 1. The number of nitrogens with one attached hydrogen (secondary N) is 1. The van der Waals surface area contributed by atoms with Gasteiger partial charge < -0.3 is 15.2 Å². The number of carbonyl (C=O) groups is 1. The minimum absolute atomic E-state index is 0.0322. The van der Waals surface area contributed by atoms with Crippen LogP contribution in [0.25, 0.3) is 0 Å². The molecule has 4 heteroatoms. The third-order valence-electron chi connectivity index (χ3n) is 4.57. The van der Waals surface area contributed by atoms with E-state index in [4.69, 9.17) is 4.74 Å². The summed E-state index contributed by atoms with van der Waals surface area (Å²) >= 11 is 0. The number of hydrogen-bond acceptors (Lipinski definition) is 3. The van der Waals surface area contributed by atoms with Crippen LogP contribution in [-0.4, -0.2) is 30.3 Å². The molecule has 2 aromatic carbocycles. The summed E-state index contributed by atoms with van der Waals surface area (Å²) in [7, 11) is 1.63. The summed E-state index contributed by atoms with van der Waals surface area (Å²) in [4.78, 5) is 12.1. The predicted octanol–water partition coefficient (Wildman–Crippen LogP) is 2.27. The van der Waals surface area contributed by atoms with Crippen molar-refractivity contribution < 1.29 is 14.6 Å². The normalized spacial score (nSPS) is 14.9. The molecule has 0 radical (unpaired) electrons. The molecule has 0 unspecified atom stereocenters. The van der Waals surface area contributed by atoms with E-state index in [1.165, 1.54) is 11.1 Å². The van der Waals surface area contributed by atoms with Crippen LogP contribution in [0.2, 0.25) is 0 Å². The Balaban J connectivity index is 1.46. The van der Waals surface area contributed by atoms with E-state index in [1.54, 1.807) is 7.11 Å². The summed E-state index contributed by atoms with van der Waals surface area (Å²) < 4.78 is 5.12. The van der Waals surface area contributed by atoms with Crippen molar-refractivity contribution in [2.24, 2.45) is 0 Å². The Morgan fingerprint density at radius 1 is 1.12 bits per heavy atom. The van der Waals surface area contributed by atoms with Gasteiger partial charge >= 0.3 is 0 Å². The van der Waals surface area contributed by atoms with Crippen molar-refractivity contribution in [3.63, 3.8) is 0 Å². The zero-order chi connectivity index (χ0) is 17.0. The van der Waals surface area contributed by atoms with Crippen molar-refractivity contribution >= 4 is 5.91 Å². The van der Waals surface area contributed by atoms with Gasteiger partial charge in [-0.25, -0.2) is 0 Å². The maximum atomic E-state index is 12.1. The molecule has 2 aromatic rings. The highest BCUT2D eigenvalue weighted by atomic mass is 16.5. The first-order valence-corrected chi connectivity index (χ1v) is 8.27. The van der Waals surface area contributed by atoms with Crippen molar-refractivity contribution in [1.29, 1.82) is 0 Å². The quantitative estimate of drug-likeness (QED) is 0.856. The fourth-order valence-corrected chi connectivity index (χ4v) is 3.20. The number of hydrogen-bond donors (Lipinski definition) is 2. The number of aliphatic hydroxyl groups is 1. The predicted molar refractivity (Wildman–Crippen MR) is 93.1 cm³/mol. The third kappa shape index (κ3) is 3.95. The molecule has 1 amide bonds. The van der Waals surface area contributed by atoms with Gasteiger partial charge in [0.2, 0.25) is 5.91 Å². The van der Waals surface area contributed by atoms with Crippen LogP contribution in [0, 0.1) is 0 Å². The van der Waals surface area contributed by atoms with Crippen LogP contribution in [-0.2, 0) is 24.1 Å². The molecule has 0 aromatic heterocycles. The van der Waals surface area contributed by atoms with Gasteiger partial charge in [-0.2, -0.15) is 0 Å². The van der Waals surface area contributed by atoms with Crippen LogP contribution in [0.3, 0.4) is 0 Å². The van der Waals surface area contributed by atoms with E-state index < -0.39 is 5.60 Å². The summed E-state index contributed by atoms with van der Waals surface area (Å²) in [6.07, 6.45) is 2.29. The molecule has 4 nitrogen and oxygen atoms in total. The molecule has 0 heterocycles. The van der Waals surface area contributed by atoms with Gasteiger partial charge in [0, 0.05) is 25.8 Å². The van der Waals surface area contributed by atoms with Crippen molar-refractivity contribution in [2.75, 3.05) is 13.7 Å². The fraction of sp³-hybridized carbons (Fsp3) is 0.350. The zero-order valence-electron chi connectivity index (χ0n) is 13.9. The number of rotatable bonds is 6. The summed E-state index contributed by atoms with van der Waals surface area (Å²) in [5, 5.41) is 13.6. The maximum Gasteiger partial charge on any atom is 0.220 e. The largest absolute Gasteiger partial charge is 0.497 e. The lowest BCUT2D eigenvalue weighted by atomic mass is 10.0. The minimum atomic E-state index is -0.862. The molecule has 1 aliphatic carbocycles. The average molecular weight is 325 g/mol. The van der Waals surface area contributed by atoms with Crippen LogP contribution >= 0.6 is 0 Å². The van der Waals surface area contributed by atoms with Gasteiger partial charge in [0.25, 0.3) is 0 Å². The Kier molecular flexibility index (Phi) is 4.86. The average Bonchev–Trinajstić information content (AvgIpc) is 2.95. The summed E-state index contributed by atoms with van der Waals surface area (Å²) in [5.41, 5.74) is 2.58. The molecule has 0 saturated carbocycles. The number of methoxy groups -OCH3 is 1. The number of fused-ring (bicyclic) bond motifs is 1. The van der Waals surface area contributed by atoms with Gasteiger partial charge in [-0.05, 0) is 35.2 Å². The van der Waals surface area contributed by atoms with Gasteiger partial charge in [0.05, 0.1) is 12.7 Å². The van der Waals surface area contributed by atoms with Crippen molar-refractivity contribution in [1.82, 2.24) is 5.32 Å². The molecule has 0 saturated heterocycles. The first-order valence-electron chi connectivity index (χ1n) is 8.27. The van der Waals surface area contributed by atoms with Crippen molar-refractivity contribution in [3.8, 4) is 5.75 Å². The molecule has 0 aliphatic heterocycles. The van der Waals surface area contributed by atoms with Crippen LogP contribution < -0.4 is 10.1 Å². The number of carbonyl (C=O) groups excluding carboxylic acids is 1. The van der Waals surface area contributed by atoms with Crippen LogP contribution in [0.1, 0.15) is 23.1 Å². The van der Waals surface area contributed by atoms with Crippen LogP contribution in [0.5, 0.6) is 5.75 Å². The second-order valence-corrected chi connectivity index (χ2v) is 6.47. The van der Waals surface area contributed by atoms with Crippen molar-refractivity contribution in [3.05, 3.63) is 65.2 Å². The molecular formula is C20H23NO3. The number of aryl methyl sites for hydroxylation is 1. The topological polar surface area (TPSA) is 58.6 Å². The van der Waals surface area contributed by atoms with Crippen LogP contribution in [0.15, 0.2) is 48.5 Å². The summed E-state index contributed by atoms with van der Waals surface area (Å²) in [5.74, 6) is 0.779. The SMILES string of the molecule is COc1ccc(CCC(=O)NCC2(O)Cc3ccccc3C2)cc1. The highest BCUT2D eigenvalue weighted by molar-refractivity contribution is 5.76. The molecule has 0 atom stereocenters. The smallest absolute Gasteiger partial charge is 0.220 e. The first kappa shape index (κ1) is 16.5. The molecule has 0 fully saturated rings. The van der Waals surface area contributed by atoms with E-state index in [1.807, 2.05) is 48.5 Å². The lowest BCUT2D eigenvalue weighted by molar-refractivity contribution is -0.122. The van der Waals surface area contributed by atoms with E-state index in [2.05, 4.69) is 5.32 Å². The second kappa shape index (κ2) is 7.05. The second-order valence-electron chi connectivity index (χ2n) is 6.47. The lowest BCUT2D eigenvalue weighted by Gasteiger charge is -2.22. The van der Waals surface area contributed by atoms with Gasteiger partial charge in [-0.3, -0.25) is 4.79 Å². The Morgan fingerprint density at radius 3 is 2.33 bits per heavy atom. The van der Waals surface area contributed by atoms with E-state index in [0.717, 1.165) is 11.3 Å². The van der Waals surface area contributed by atoms with Gasteiger partial charge in [0.1, 0.15) is 5.75 Å². The summed E-state index contributed by atoms with van der Waals surface area (Å²) in [6.45, 7) is 0.295. The summed E-state index contributed by atoms with van der Waals surface area (Å²) in [6, 6.07) is 15.8. The third-order valence-corrected chi connectivity index (χ3v) is 4.57. The Labute approximate surface area is 142 Å². The highest BCUT2D eigenvalue weighted by Crippen LogP contribution is 2.29. The molecule has 126 valence electrons. The van der Waals surface area contributed by atoms with E-state index in [-0.39, 0.29) is 5.91 Å².